The average Bonchev–Trinajstić information content (AvgIpc) is 2.89. The van der Waals surface area contributed by atoms with Crippen LogP contribution >= 0.6 is 27.3 Å². The Balaban J connectivity index is 1.40. The Hall–Kier alpha value is -0.610. The normalized spacial score (nSPS) is 36.5. The van der Waals surface area contributed by atoms with Crippen LogP contribution in [-0.2, 0) is 4.79 Å². The molecule has 0 radical (unpaired) electrons. The summed E-state index contributed by atoms with van der Waals surface area (Å²) in [5.74, 6) is 2.84. The molecule has 4 fully saturated rings. The van der Waals surface area contributed by atoms with Crippen molar-refractivity contribution in [2.45, 2.75) is 51.5 Å². The van der Waals surface area contributed by atoms with Gasteiger partial charge in [-0.1, -0.05) is 0 Å². The summed E-state index contributed by atoms with van der Waals surface area (Å²) < 4.78 is 1.10. The SMILES string of the molecule is C[C@@H](NC(=O)/C=C/c1ccc(Br)s1)C12CC3CC(CC(C3)C1)C2. The Kier molecular flexibility index (Phi) is 4.17. The van der Waals surface area contributed by atoms with Gasteiger partial charge in [-0.25, -0.2) is 0 Å². The lowest BCUT2D eigenvalue weighted by Gasteiger charge is -2.59. The fourth-order valence-electron chi connectivity index (χ4n) is 5.70. The highest BCUT2D eigenvalue weighted by Crippen LogP contribution is 2.61. The maximum absolute atomic E-state index is 12.3. The second-order valence-corrected chi connectivity index (χ2v) is 10.5. The number of carbonyl (C=O) groups excluding carboxylic acids is 1. The first-order valence-electron chi connectivity index (χ1n) is 8.76. The number of halogens is 1. The van der Waals surface area contributed by atoms with E-state index >= 15 is 0 Å². The zero-order chi connectivity index (χ0) is 16.0. The molecule has 4 aliphatic carbocycles. The summed E-state index contributed by atoms with van der Waals surface area (Å²) in [4.78, 5) is 13.4. The summed E-state index contributed by atoms with van der Waals surface area (Å²) in [6.07, 6.45) is 12.0. The van der Waals surface area contributed by atoms with E-state index in [1.54, 1.807) is 17.4 Å². The molecule has 0 saturated heterocycles. The molecule has 5 rings (SSSR count). The van der Waals surface area contributed by atoms with Gasteiger partial charge in [0.15, 0.2) is 0 Å². The zero-order valence-corrected chi connectivity index (χ0v) is 16.0. The lowest BCUT2D eigenvalue weighted by atomic mass is 9.48. The maximum atomic E-state index is 12.3. The second-order valence-electron chi connectivity index (χ2n) is 7.99. The third-order valence-corrected chi connectivity index (χ3v) is 7.94. The van der Waals surface area contributed by atoms with Gasteiger partial charge >= 0.3 is 0 Å². The molecule has 4 saturated carbocycles. The Labute approximate surface area is 150 Å². The van der Waals surface area contributed by atoms with Gasteiger partial charge in [-0.05, 0) is 103 Å². The molecule has 4 aliphatic rings. The van der Waals surface area contributed by atoms with E-state index in [4.69, 9.17) is 0 Å². The number of amides is 1. The molecule has 124 valence electrons. The first-order chi connectivity index (χ1) is 11.0. The number of hydrogen-bond donors (Lipinski definition) is 1. The van der Waals surface area contributed by atoms with Gasteiger partial charge in [0.1, 0.15) is 0 Å². The Morgan fingerprint density at radius 1 is 1.26 bits per heavy atom. The van der Waals surface area contributed by atoms with Crippen LogP contribution in [0.3, 0.4) is 0 Å². The van der Waals surface area contributed by atoms with Crippen molar-refractivity contribution in [2.24, 2.45) is 23.2 Å². The molecule has 0 spiro atoms. The van der Waals surface area contributed by atoms with E-state index in [1.165, 1.54) is 38.5 Å². The fraction of sp³-hybridized carbons (Fsp3) is 0.632. The third-order valence-electron chi connectivity index (χ3n) is 6.36. The van der Waals surface area contributed by atoms with Crippen molar-refractivity contribution in [1.29, 1.82) is 0 Å². The van der Waals surface area contributed by atoms with Crippen LogP contribution in [0.2, 0.25) is 0 Å². The molecule has 0 unspecified atom stereocenters. The topological polar surface area (TPSA) is 29.1 Å². The largest absolute Gasteiger partial charge is 0.350 e. The van der Waals surface area contributed by atoms with Crippen molar-refractivity contribution in [2.75, 3.05) is 0 Å². The van der Waals surface area contributed by atoms with Crippen LogP contribution in [0.25, 0.3) is 6.08 Å². The molecule has 1 N–H and O–H groups in total. The molecule has 23 heavy (non-hydrogen) atoms. The van der Waals surface area contributed by atoms with E-state index in [-0.39, 0.29) is 5.91 Å². The third kappa shape index (κ3) is 3.17. The van der Waals surface area contributed by atoms with Crippen LogP contribution in [0.15, 0.2) is 22.0 Å². The predicted molar refractivity (Wildman–Crippen MR) is 99.3 cm³/mol. The second kappa shape index (κ2) is 6.03. The quantitative estimate of drug-likeness (QED) is 0.695. The summed E-state index contributed by atoms with van der Waals surface area (Å²) in [5, 5.41) is 3.28. The van der Waals surface area contributed by atoms with E-state index in [9.17, 15) is 4.79 Å². The van der Waals surface area contributed by atoms with Crippen molar-refractivity contribution in [3.63, 3.8) is 0 Å². The first kappa shape index (κ1) is 15.9. The van der Waals surface area contributed by atoms with Gasteiger partial charge < -0.3 is 5.32 Å². The lowest BCUT2D eigenvalue weighted by molar-refractivity contribution is -0.121. The summed E-state index contributed by atoms with van der Waals surface area (Å²) >= 11 is 5.10. The van der Waals surface area contributed by atoms with Gasteiger partial charge in [-0.2, -0.15) is 0 Å². The Morgan fingerprint density at radius 2 is 1.87 bits per heavy atom. The monoisotopic (exact) mass is 393 g/mol. The van der Waals surface area contributed by atoms with Crippen molar-refractivity contribution in [3.05, 3.63) is 26.9 Å². The molecular weight excluding hydrogens is 370 g/mol. The number of thiophene rings is 1. The number of nitrogens with one attached hydrogen (secondary N) is 1. The first-order valence-corrected chi connectivity index (χ1v) is 10.4. The number of rotatable bonds is 4. The van der Waals surface area contributed by atoms with Gasteiger partial charge in [0.25, 0.3) is 0 Å². The van der Waals surface area contributed by atoms with E-state index in [2.05, 4.69) is 28.2 Å². The molecule has 1 atom stereocenters. The van der Waals surface area contributed by atoms with Crippen LogP contribution in [0, 0.1) is 23.2 Å². The van der Waals surface area contributed by atoms with E-state index in [0.29, 0.717) is 11.5 Å². The van der Waals surface area contributed by atoms with Gasteiger partial charge in [-0.15, -0.1) is 11.3 Å². The highest BCUT2D eigenvalue weighted by atomic mass is 79.9. The van der Waals surface area contributed by atoms with E-state index < -0.39 is 0 Å². The Morgan fingerprint density at radius 3 is 2.39 bits per heavy atom. The molecule has 4 heteroatoms. The summed E-state index contributed by atoms with van der Waals surface area (Å²) in [6.45, 7) is 2.24. The Bertz CT molecular complexity index is 600. The zero-order valence-electron chi connectivity index (χ0n) is 13.6. The molecular formula is C19H24BrNOS. The molecule has 1 aromatic rings. The molecule has 1 amide bonds. The molecule has 1 aromatic heterocycles. The predicted octanol–water partition coefficient (Wildman–Crippen LogP) is 5.24. The van der Waals surface area contributed by atoms with Crippen molar-refractivity contribution >= 4 is 39.2 Å². The van der Waals surface area contributed by atoms with Crippen molar-refractivity contribution in [1.82, 2.24) is 5.32 Å². The minimum Gasteiger partial charge on any atom is -0.350 e. The van der Waals surface area contributed by atoms with Crippen molar-refractivity contribution in [3.8, 4) is 0 Å². The standard InChI is InChI=1S/C19H24BrNOS/c1-12(21-18(22)5-3-16-2-4-17(20)23-16)19-9-13-6-14(10-19)8-15(7-13)11-19/h2-5,12-15H,6-11H2,1H3,(H,21,22)/b5-3+/t12-,13?,14?,15?,19?/m1/s1. The van der Waals surface area contributed by atoms with Crippen LogP contribution < -0.4 is 5.32 Å². The summed E-state index contributed by atoms with van der Waals surface area (Å²) in [7, 11) is 0. The maximum Gasteiger partial charge on any atom is 0.244 e. The molecule has 0 aromatic carbocycles. The number of hydrogen-bond acceptors (Lipinski definition) is 2. The molecule has 0 aliphatic heterocycles. The van der Waals surface area contributed by atoms with Crippen LogP contribution in [0.1, 0.15) is 50.3 Å². The van der Waals surface area contributed by atoms with Gasteiger partial charge in [0.2, 0.25) is 5.91 Å². The molecule has 2 nitrogen and oxygen atoms in total. The highest BCUT2D eigenvalue weighted by molar-refractivity contribution is 9.11. The van der Waals surface area contributed by atoms with Gasteiger partial charge in [-0.3, -0.25) is 4.79 Å². The van der Waals surface area contributed by atoms with Crippen molar-refractivity contribution < 1.29 is 4.79 Å². The minimum absolute atomic E-state index is 0.0535. The number of carbonyl (C=O) groups is 1. The smallest absolute Gasteiger partial charge is 0.244 e. The lowest BCUT2D eigenvalue weighted by Crippen LogP contribution is -2.55. The van der Waals surface area contributed by atoms with Gasteiger partial charge in [0, 0.05) is 17.0 Å². The molecule has 1 heterocycles. The van der Waals surface area contributed by atoms with E-state index in [1.807, 2.05) is 18.2 Å². The fourth-order valence-corrected chi connectivity index (χ4v) is 7.02. The van der Waals surface area contributed by atoms with E-state index in [0.717, 1.165) is 26.4 Å². The summed E-state index contributed by atoms with van der Waals surface area (Å²) in [5.41, 5.74) is 0.379. The molecule has 4 bridgehead atoms. The highest BCUT2D eigenvalue weighted by Gasteiger charge is 2.53. The van der Waals surface area contributed by atoms with Gasteiger partial charge in [0.05, 0.1) is 3.79 Å². The average molecular weight is 394 g/mol. The van der Waals surface area contributed by atoms with Crippen LogP contribution in [0.4, 0.5) is 0 Å². The van der Waals surface area contributed by atoms with Crippen LogP contribution in [0.5, 0.6) is 0 Å². The minimum atomic E-state index is 0.0535. The summed E-state index contributed by atoms with van der Waals surface area (Å²) in [6, 6.07) is 4.34. The van der Waals surface area contributed by atoms with Crippen LogP contribution in [-0.4, -0.2) is 11.9 Å².